The fourth-order valence-corrected chi connectivity index (χ4v) is 2.35. The second kappa shape index (κ2) is 10.8. The van der Waals surface area contributed by atoms with Crippen LogP contribution in [0.2, 0.25) is 0 Å². The first kappa shape index (κ1) is 15.3. The van der Waals surface area contributed by atoms with Gasteiger partial charge in [0, 0.05) is 12.3 Å². The highest BCUT2D eigenvalue weighted by atomic mass is 32.2. The molecule has 0 saturated carbocycles. The van der Waals surface area contributed by atoms with Crippen molar-refractivity contribution in [3.05, 3.63) is 0 Å². The van der Waals surface area contributed by atoms with Gasteiger partial charge in [-0.05, 0) is 31.2 Å². The van der Waals surface area contributed by atoms with Gasteiger partial charge in [-0.2, -0.15) is 11.8 Å². The third kappa shape index (κ3) is 10.6. The minimum absolute atomic E-state index is 0.782. The molecular weight excluding hydrogens is 202 g/mol. The summed E-state index contributed by atoms with van der Waals surface area (Å²) in [5.74, 6) is 1.30. The molecular formula is C13H29NS. The summed E-state index contributed by atoms with van der Waals surface area (Å²) in [5, 5.41) is 0.782. The standard InChI is InChI=1S/C13H29NS/c1-5-7-9-14(10-8-6-2)11-12-15-13(3)4/h13H,5-12H2,1-4H3. The highest BCUT2D eigenvalue weighted by Crippen LogP contribution is 2.09. The molecule has 0 aromatic carbocycles. The number of rotatable bonds is 10. The first-order valence-corrected chi connectivity index (χ1v) is 7.59. The summed E-state index contributed by atoms with van der Waals surface area (Å²) in [6, 6.07) is 0. The summed E-state index contributed by atoms with van der Waals surface area (Å²) >= 11 is 2.08. The quantitative estimate of drug-likeness (QED) is 0.558. The van der Waals surface area contributed by atoms with Crippen LogP contribution in [0.4, 0.5) is 0 Å². The van der Waals surface area contributed by atoms with Gasteiger partial charge in [-0.1, -0.05) is 40.5 Å². The largest absolute Gasteiger partial charge is 0.303 e. The predicted molar refractivity (Wildman–Crippen MR) is 73.9 cm³/mol. The minimum Gasteiger partial charge on any atom is -0.303 e. The van der Waals surface area contributed by atoms with Crippen LogP contribution in [0.3, 0.4) is 0 Å². The molecule has 0 rings (SSSR count). The molecule has 92 valence electrons. The third-order valence-electron chi connectivity index (χ3n) is 2.51. The molecule has 0 spiro atoms. The van der Waals surface area contributed by atoms with E-state index in [-0.39, 0.29) is 0 Å². The molecule has 0 aromatic heterocycles. The lowest BCUT2D eigenvalue weighted by molar-refractivity contribution is 0.281. The lowest BCUT2D eigenvalue weighted by atomic mass is 10.2. The minimum atomic E-state index is 0.782. The summed E-state index contributed by atoms with van der Waals surface area (Å²) in [6.07, 6.45) is 5.35. The number of thioether (sulfide) groups is 1. The van der Waals surface area contributed by atoms with Gasteiger partial charge in [0.25, 0.3) is 0 Å². The van der Waals surface area contributed by atoms with E-state index in [1.54, 1.807) is 0 Å². The molecule has 0 bridgehead atoms. The van der Waals surface area contributed by atoms with Gasteiger partial charge >= 0.3 is 0 Å². The molecule has 0 heterocycles. The van der Waals surface area contributed by atoms with Gasteiger partial charge < -0.3 is 4.90 Å². The van der Waals surface area contributed by atoms with E-state index in [9.17, 15) is 0 Å². The maximum absolute atomic E-state index is 2.64. The van der Waals surface area contributed by atoms with E-state index < -0.39 is 0 Å². The SMILES string of the molecule is CCCCN(CCCC)CCSC(C)C. The smallest absolute Gasteiger partial charge is 0.00724 e. The van der Waals surface area contributed by atoms with E-state index in [1.807, 2.05) is 0 Å². The van der Waals surface area contributed by atoms with Crippen molar-refractivity contribution < 1.29 is 0 Å². The Morgan fingerprint density at radius 2 is 1.47 bits per heavy atom. The fourth-order valence-electron chi connectivity index (χ4n) is 1.52. The van der Waals surface area contributed by atoms with E-state index in [0.29, 0.717) is 0 Å². The molecule has 0 radical (unpaired) electrons. The molecule has 0 aliphatic rings. The monoisotopic (exact) mass is 231 g/mol. The van der Waals surface area contributed by atoms with Crippen LogP contribution in [0.1, 0.15) is 53.4 Å². The van der Waals surface area contributed by atoms with Crippen molar-refractivity contribution >= 4 is 11.8 Å². The van der Waals surface area contributed by atoms with Crippen LogP contribution in [0, 0.1) is 0 Å². The molecule has 0 fully saturated rings. The zero-order chi connectivity index (χ0) is 11.5. The molecule has 0 aliphatic heterocycles. The highest BCUT2D eigenvalue weighted by molar-refractivity contribution is 7.99. The van der Waals surface area contributed by atoms with E-state index in [1.165, 1.54) is 51.1 Å². The predicted octanol–water partition coefficient (Wildman–Crippen LogP) is 4.03. The fraction of sp³-hybridized carbons (Fsp3) is 1.00. The van der Waals surface area contributed by atoms with Gasteiger partial charge in [-0.25, -0.2) is 0 Å². The van der Waals surface area contributed by atoms with Crippen LogP contribution in [0.25, 0.3) is 0 Å². The lowest BCUT2D eigenvalue weighted by Crippen LogP contribution is -2.28. The summed E-state index contributed by atoms with van der Waals surface area (Å²) in [7, 11) is 0. The normalized spacial score (nSPS) is 11.6. The van der Waals surface area contributed by atoms with Gasteiger partial charge in [-0.3, -0.25) is 0 Å². The number of hydrogen-bond acceptors (Lipinski definition) is 2. The Kier molecular flexibility index (Phi) is 11.0. The van der Waals surface area contributed by atoms with Crippen molar-refractivity contribution in [2.45, 2.75) is 58.6 Å². The number of unbranched alkanes of at least 4 members (excludes halogenated alkanes) is 2. The summed E-state index contributed by atoms with van der Waals surface area (Å²) in [5.41, 5.74) is 0. The van der Waals surface area contributed by atoms with Crippen molar-refractivity contribution in [2.24, 2.45) is 0 Å². The van der Waals surface area contributed by atoms with Crippen LogP contribution >= 0.6 is 11.8 Å². The molecule has 0 amide bonds. The summed E-state index contributed by atoms with van der Waals surface area (Å²) in [6.45, 7) is 13.0. The van der Waals surface area contributed by atoms with Gasteiger partial charge in [0.15, 0.2) is 0 Å². The Labute approximate surface area is 101 Å². The highest BCUT2D eigenvalue weighted by Gasteiger charge is 2.04. The van der Waals surface area contributed by atoms with E-state index in [2.05, 4.69) is 44.4 Å². The van der Waals surface area contributed by atoms with Gasteiger partial charge in [-0.15, -0.1) is 0 Å². The second-order valence-corrected chi connectivity index (χ2v) is 6.15. The first-order chi connectivity index (χ1) is 7.20. The van der Waals surface area contributed by atoms with Crippen LogP contribution < -0.4 is 0 Å². The zero-order valence-corrected chi connectivity index (χ0v) is 11.9. The van der Waals surface area contributed by atoms with Crippen molar-refractivity contribution in [3.63, 3.8) is 0 Å². The Morgan fingerprint density at radius 1 is 0.933 bits per heavy atom. The molecule has 0 unspecified atom stereocenters. The van der Waals surface area contributed by atoms with Crippen molar-refractivity contribution in [3.8, 4) is 0 Å². The topological polar surface area (TPSA) is 3.24 Å². The summed E-state index contributed by atoms with van der Waals surface area (Å²) in [4.78, 5) is 2.64. The molecule has 0 aliphatic carbocycles. The van der Waals surface area contributed by atoms with E-state index in [4.69, 9.17) is 0 Å². The summed E-state index contributed by atoms with van der Waals surface area (Å²) < 4.78 is 0. The number of hydrogen-bond donors (Lipinski definition) is 0. The van der Waals surface area contributed by atoms with Crippen LogP contribution in [-0.4, -0.2) is 35.5 Å². The Hall–Kier alpha value is 0.310. The van der Waals surface area contributed by atoms with Crippen molar-refractivity contribution in [1.82, 2.24) is 4.90 Å². The molecule has 0 aromatic rings. The molecule has 1 nitrogen and oxygen atoms in total. The lowest BCUT2D eigenvalue weighted by Gasteiger charge is -2.22. The molecule has 0 saturated heterocycles. The average Bonchev–Trinajstić information content (AvgIpc) is 2.20. The first-order valence-electron chi connectivity index (χ1n) is 6.54. The third-order valence-corrected chi connectivity index (χ3v) is 3.60. The zero-order valence-electron chi connectivity index (χ0n) is 11.1. The van der Waals surface area contributed by atoms with Crippen molar-refractivity contribution in [1.29, 1.82) is 0 Å². The molecule has 2 heteroatoms. The number of nitrogens with zero attached hydrogens (tertiary/aromatic N) is 1. The van der Waals surface area contributed by atoms with Gasteiger partial charge in [0.2, 0.25) is 0 Å². The van der Waals surface area contributed by atoms with Crippen LogP contribution in [0.5, 0.6) is 0 Å². The Bertz CT molecular complexity index is 118. The van der Waals surface area contributed by atoms with Crippen molar-refractivity contribution in [2.75, 3.05) is 25.4 Å². The van der Waals surface area contributed by atoms with Gasteiger partial charge in [0.05, 0.1) is 0 Å². The second-order valence-electron chi connectivity index (χ2n) is 4.47. The molecule has 15 heavy (non-hydrogen) atoms. The van der Waals surface area contributed by atoms with E-state index in [0.717, 1.165) is 5.25 Å². The molecule has 0 N–H and O–H groups in total. The van der Waals surface area contributed by atoms with Crippen LogP contribution in [0.15, 0.2) is 0 Å². The average molecular weight is 231 g/mol. The maximum atomic E-state index is 2.64. The van der Waals surface area contributed by atoms with Gasteiger partial charge in [0.1, 0.15) is 0 Å². The van der Waals surface area contributed by atoms with E-state index >= 15 is 0 Å². The Morgan fingerprint density at radius 3 is 1.87 bits per heavy atom. The van der Waals surface area contributed by atoms with Crippen LogP contribution in [-0.2, 0) is 0 Å². The molecule has 0 atom stereocenters. The maximum Gasteiger partial charge on any atom is 0.00724 e. The Balaban J connectivity index is 3.58.